The summed E-state index contributed by atoms with van der Waals surface area (Å²) in [6.45, 7) is 0. The average Bonchev–Trinajstić information content (AvgIpc) is 3.79. The van der Waals surface area contributed by atoms with E-state index in [0.29, 0.717) is 23.2 Å². The van der Waals surface area contributed by atoms with Gasteiger partial charge in [-0.3, -0.25) is 0 Å². The Kier molecular flexibility index (Phi) is 6.35. The van der Waals surface area contributed by atoms with Gasteiger partial charge in [0, 0.05) is 53.2 Å². The summed E-state index contributed by atoms with van der Waals surface area (Å²) in [5, 5.41) is 9.07. The van der Waals surface area contributed by atoms with Crippen LogP contribution in [0.15, 0.2) is 162 Å². The number of rotatable bonds is 4. The van der Waals surface area contributed by atoms with Crippen molar-refractivity contribution in [2.45, 2.75) is 0 Å². The van der Waals surface area contributed by atoms with Gasteiger partial charge in [0.2, 0.25) is 5.71 Å². The van der Waals surface area contributed by atoms with Crippen molar-refractivity contribution in [2.75, 3.05) is 0 Å². The van der Waals surface area contributed by atoms with Gasteiger partial charge in [-0.1, -0.05) is 133 Å². The average molecular weight is 683 g/mol. The van der Waals surface area contributed by atoms with Crippen molar-refractivity contribution in [3.8, 4) is 45.4 Å². The minimum atomic E-state index is 0.614. The molecule has 6 heteroatoms. The molecular weight excluding hydrogens is 657 g/mol. The maximum atomic E-state index is 6.27. The smallest absolute Gasteiger partial charge is 0.228 e. The second-order valence-electron chi connectivity index (χ2n) is 13.0. The minimum Gasteiger partial charge on any atom is -0.438 e. The Bertz CT molecular complexity index is 3200. The van der Waals surface area contributed by atoms with E-state index in [1.165, 1.54) is 25.6 Å². The number of benzene rings is 7. The molecule has 0 unspecified atom stereocenters. The Morgan fingerprint density at radius 1 is 0.423 bits per heavy atom. The summed E-state index contributed by atoms with van der Waals surface area (Å²) < 4.78 is 8.67. The SMILES string of the molecule is c1ccc2cc(-c3nc(-c4ccc(-c5nc6oc7ccccc7c6c6ccccc56)cc4)nc(-c4cccc5c4sc4ccccc45)n3)ccc2c1. The number of hydrogen-bond acceptors (Lipinski definition) is 6. The summed E-state index contributed by atoms with van der Waals surface area (Å²) in [6.07, 6.45) is 0. The van der Waals surface area contributed by atoms with Crippen LogP contribution in [0.2, 0.25) is 0 Å². The highest BCUT2D eigenvalue weighted by atomic mass is 32.1. The molecule has 4 heterocycles. The van der Waals surface area contributed by atoms with Crippen molar-refractivity contribution < 1.29 is 4.42 Å². The summed E-state index contributed by atoms with van der Waals surface area (Å²) in [7, 11) is 0. The summed E-state index contributed by atoms with van der Waals surface area (Å²) in [5.41, 5.74) is 6.17. The first-order chi connectivity index (χ1) is 25.7. The molecule has 0 radical (unpaired) electrons. The van der Waals surface area contributed by atoms with E-state index in [-0.39, 0.29) is 0 Å². The van der Waals surface area contributed by atoms with E-state index in [9.17, 15) is 0 Å². The lowest BCUT2D eigenvalue weighted by molar-refractivity contribution is 0.655. The lowest BCUT2D eigenvalue weighted by Gasteiger charge is -2.11. The Hall–Kier alpha value is -6.76. The van der Waals surface area contributed by atoms with Crippen molar-refractivity contribution in [2.24, 2.45) is 0 Å². The monoisotopic (exact) mass is 682 g/mol. The molecule has 0 aliphatic carbocycles. The third-order valence-corrected chi connectivity index (χ3v) is 11.2. The molecule has 0 bridgehead atoms. The third kappa shape index (κ3) is 4.55. The van der Waals surface area contributed by atoms with Gasteiger partial charge in [0.25, 0.3) is 0 Å². The quantitative estimate of drug-likeness (QED) is 0.185. The molecule has 0 saturated carbocycles. The van der Waals surface area contributed by atoms with Gasteiger partial charge in [0.05, 0.1) is 11.1 Å². The van der Waals surface area contributed by atoms with Crippen molar-refractivity contribution >= 4 is 75.1 Å². The first-order valence-electron chi connectivity index (χ1n) is 17.2. The van der Waals surface area contributed by atoms with E-state index in [1.54, 1.807) is 11.3 Å². The predicted molar refractivity (Wildman–Crippen MR) is 215 cm³/mol. The molecule has 0 fully saturated rings. The van der Waals surface area contributed by atoms with Crippen LogP contribution >= 0.6 is 11.3 Å². The van der Waals surface area contributed by atoms with E-state index in [2.05, 4.69) is 140 Å². The number of para-hydroxylation sites is 1. The normalized spacial score (nSPS) is 11.8. The summed E-state index contributed by atoms with van der Waals surface area (Å²) in [4.78, 5) is 20.5. The number of aromatic nitrogens is 4. The van der Waals surface area contributed by atoms with Gasteiger partial charge in [-0.05, 0) is 40.4 Å². The molecule has 0 N–H and O–H groups in total. The highest BCUT2D eigenvalue weighted by Gasteiger charge is 2.19. The van der Waals surface area contributed by atoms with Crippen LogP contribution in [0, 0.1) is 0 Å². The Balaban J connectivity index is 1.08. The van der Waals surface area contributed by atoms with Crippen LogP contribution < -0.4 is 0 Å². The lowest BCUT2D eigenvalue weighted by atomic mass is 10.00. The van der Waals surface area contributed by atoms with Crippen LogP contribution in [-0.4, -0.2) is 19.9 Å². The van der Waals surface area contributed by atoms with E-state index in [1.807, 2.05) is 18.2 Å². The Labute approximate surface area is 301 Å². The molecule has 11 aromatic rings. The van der Waals surface area contributed by atoms with Crippen LogP contribution in [-0.2, 0) is 0 Å². The summed E-state index contributed by atoms with van der Waals surface area (Å²) in [6, 6.07) is 54.6. The number of thiophene rings is 1. The second kappa shape index (κ2) is 11.4. The first kappa shape index (κ1) is 29.0. The topological polar surface area (TPSA) is 64.7 Å². The van der Waals surface area contributed by atoms with Crippen LogP contribution in [0.5, 0.6) is 0 Å². The van der Waals surface area contributed by atoms with Gasteiger partial charge in [0.15, 0.2) is 17.5 Å². The fourth-order valence-corrected chi connectivity index (χ4v) is 8.66. The zero-order chi connectivity index (χ0) is 34.2. The van der Waals surface area contributed by atoms with Gasteiger partial charge >= 0.3 is 0 Å². The van der Waals surface area contributed by atoms with Crippen LogP contribution in [0.4, 0.5) is 0 Å². The van der Waals surface area contributed by atoms with Crippen LogP contribution in [0.25, 0.3) is 109 Å². The van der Waals surface area contributed by atoms with Crippen molar-refractivity contribution in [1.29, 1.82) is 0 Å². The lowest BCUT2D eigenvalue weighted by Crippen LogP contribution is -2.00. The van der Waals surface area contributed by atoms with E-state index in [0.717, 1.165) is 60.5 Å². The second-order valence-corrected chi connectivity index (χ2v) is 14.1. The molecule has 7 aromatic carbocycles. The van der Waals surface area contributed by atoms with E-state index >= 15 is 0 Å². The van der Waals surface area contributed by atoms with Crippen LogP contribution in [0.1, 0.15) is 0 Å². The maximum absolute atomic E-state index is 6.27. The van der Waals surface area contributed by atoms with Crippen molar-refractivity contribution in [1.82, 2.24) is 19.9 Å². The molecular formula is C46H26N4OS. The number of fused-ring (bicyclic) bond motifs is 9. The molecule has 0 amide bonds. The highest BCUT2D eigenvalue weighted by Crippen LogP contribution is 2.41. The molecule has 4 aromatic heterocycles. The number of furan rings is 1. The zero-order valence-electron chi connectivity index (χ0n) is 27.6. The highest BCUT2D eigenvalue weighted by molar-refractivity contribution is 7.26. The molecule has 0 saturated heterocycles. The molecule has 0 aliphatic rings. The fraction of sp³-hybridized carbons (Fsp3) is 0. The largest absolute Gasteiger partial charge is 0.438 e. The summed E-state index contributed by atoms with van der Waals surface area (Å²) in [5.74, 6) is 1.90. The standard InChI is InChI=1S/C46H26N4OS/c1-2-11-30-26-31(25-20-27(30)10-1)44-48-43(49-45(50-44)37-17-9-16-35-32-12-6-8-19-39(32)52-42(35)37)29-23-21-28(22-24-29)41-34-14-4-3-13-33(34)40-36-15-5-7-18-38(36)51-46(40)47-41/h1-26H. The zero-order valence-corrected chi connectivity index (χ0v) is 28.4. The molecule has 0 spiro atoms. The Morgan fingerprint density at radius 2 is 1.06 bits per heavy atom. The van der Waals surface area contributed by atoms with Gasteiger partial charge in [-0.25, -0.2) is 19.9 Å². The summed E-state index contributed by atoms with van der Waals surface area (Å²) >= 11 is 1.78. The number of nitrogens with zero attached hydrogens (tertiary/aromatic N) is 4. The fourth-order valence-electron chi connectivity index (χ4n) is 7.44. The molecule has 5 nitrogen and oxygen atoms in total. The van der Waals surface area contributed by atoms with Gasteiger partial charge in [-0.15, -0.1) is 11.3 Å². The third-order valence-electron chi connectivity index (χ3n) is 9.95. The molecule has 11 rings (SSSR count). The minimum absolute atomic E-state index is 0.614. The molecule has 242 valence electrons. The van der Waals surface area contributed by atoms with Gasteiger partial charge in [-0.2, -0.15) is 0 Å². The van der Waals surface area contributed by atoms with Crippen molar-refractivity contribution in [3.63, 3.8) is 0 Å². The molecule has 0 aliphatic heterocycles. The molecule has 0 atom stereocenters. The van der Waals surface area contributed by atoms with Crippen molar-refractivity contribution in [3.05, 3.63) is 158 Å². The molecule has 52 heavy (non-hydrogen) atoms. The van der Waals surface area contributed by atoms with E-state index in [4.69, 9.17) is 24.4 Å². The maximum Gasteiger partial charge on any atom is 0.228 e. The first-order valence-corrected chi connectivity index (χ1v) is 18.0. The van der Waals surface area contributed by atoms with Gasteiger partial charge < -0.3 is 4.42 Å². The number of hydrogen-bond donors (Lipinski definition) is 0. The number of pyridine rings is 1. The Morgan fingerprint density at radius 3 is 1.92 bits per heavy atom. The van der Waals surface area contributed by atoms with E-state index < -0.39 is 0 Å². The van der Waals surface area contributed by atoms with Crippen LogP contribution in [0.3, 0.4) is 0 Å². The van der Waals surface area contributed by atoms with Gasteiger partial charge in [0.1, 0.15) is 5.58 Å². The predicted octanol–water partition coefficient (Wildman–Crippen LogP) is 12.5.